The first-order chi connectivity index (χ1) is 7.47. The molecule has 0 spiro atoms. The van der Waals surface area contributed by atoms with E-state index in [9.17, 15) is 0 Å². The minimum atomic E-state index is 0.226. The lowest BCUT2D eigenvalue weighted by atomic mass is 9.90. The van der Waals surface area contributed by atoms with Gasteiger partial charge in [-0.1, -0.05) is 20.8 Å². The Morgan fingerprint density at radius 2 is 2.12 bits per heavy atom. The third-order valence-electron chi connectivity index (χ3n) is 2.85. The lowest BCUT2D eigenvalue weighted by Gasteiger charge is -2.25. The average Bonchev–Trinajstić information content (AvgIpc) is 2.16. The quantitative estimate of drug-likeness (QED) is 0.754. The summed E-state index contributed by atoms with van der Waals surface area (Å²) in [5.41, 5.74) is 0.315. The van der Waals surface area contributed by atoms with Crippen molar-refractivity contribution in [1.29, 1.82) is 0 Å². The molecule has 0 aromatic rings. The molecule has 96 valence electrons. The number of alkyl halides is 1. The summed E-state index contributed by atoms with van der Waals surface area (Å²) in [6.45, 7) is 9.45. The highest BCUT2D eigenvalue weighted by Crippen LogP contribution is 2.23. The molecule has 0 saturated carbocycles. The normalized spacial score (nSPS) is 24.4. The van der Waals surface area contributed by atoms with Crippen molar-refractivity contribution in [2.24, 2.45) is 5.41 Å². The first-order valence-electron chi connectivity index (χ1n) is 6.44. The summed E-state index contributed by atoms with van der Waals surface area (Å²) in [7, 11) is 0. The molecule has 2 unspecified atom stereocenters. The molecule has 1 aliphatic rings. The van der Waals surface area contributed by atoms with Gasteiger partial charge < -0.3 is 10.1 Å². The largest absolute Gasteiger partial charge is 0.377 e. The zero-order chi connectivity index (χ0) is 12.0. The molecule has 1 rings (SSSR count). The monoisotopic (exact) mass is 247 g/mol. The maximum Gasteiger partial charge on any atom is 0.0699 e. The van der Waals surface area contributed by atoms with Crippen LogP contribution in [0.1, 0.15) is 46.5 Å². The van der Waals surface area contributed by atoms with Crippen LogP contribution < -0.4 is 5.32 Å². The molecule has 16 heavy (non-hydrogen) atoms. The predicted octanol–water partition coefficient (Wildman–Crippen LogP) is 3.19. The Morgan fingerprint density at radius 1 is 1.38 bits per heavy atom. The molecule has 3 heteroatoms. The Kier molecular flexibility index (Phi) is 6.09. The lowest BCUT2D eigenvalue weighted by molar-refractivity contribution is 0.0170. The van der Waals surface area contributed by atoms with E-state index in [2.05, 4.69) is 26.1 Å². The molecule has 0 radical (unpaired) electrons. The molecular formula is C13H26ClNO. The summed E-state index contributed by atoms with van der Waals surface area (Å²) in [6.07, 6.45) is 5.18. The van der Waals surface area contributed by atoms with Gasteiger partial charge in [-0.15, -0.1) is 11.6 Å². The van der Waals surface area contributed by atoms with Crippen molar-refractivity contribution < 1.29 is 4.74 Å². The van der Waals surface area contributed by atoms with E-state index in [0.717, 1.165) is 26.1 Å². The van der Waals surface area contributed by atoms with Crippen molar-refractivity contribution in [3.63, 3.8) is 0 Å². The smallest absolute Gasteiger partial charge is 0.0699 e. The summed E-state index contributed by atoms with van der Waals surface area (Å²) >= 11 is 6.28. The van der Waals surface area contributed by atoms with E-state index in [1.54, 1.807) is 0 Å². The molecule has 1 N–H and O–H groups in total. The molecule has 0 aliphatic carbocycles. The Balaban J connectivity index is 2.05. The van der Waals surface area contributed by atoms with Gasteiger partial charge in [-0.05, 0) is 31.1 Å². The van der Waals surface area contributed by atoms with Crippen molar-refractivity contribution in [1.82, 2.24) is 5.32 Å². The Bertz CT molecular complexity index is 185. The number of hydrogen-bond acceptors (Lipinski definition) is 2. The summed E-state index contributed by atoms with van der Waals surface area (Å²) in [6, 6.07) is 0. The van der Waals surface area contributed by atoms with E-state index in [1.807, 2.05) is 0 Å². The lowest BCUT2D eigenvalue weighted by Crippen LogP contribution is -2.35. The maximum atomic E-state index is 6.28. The highest BCUT2D eigenvalue weighted by molar-refractivity contribution is 6.20. The van der Waals surface area contributed by atoms with E-state index in [0.29, 0.717) is 11.5 Å². The van der Waals surface area contributed by atoms with E-state index in [4.69, 9.17) is 16.3 Å². The number of halogens is 1. The van der Waals surface area contributed by atoms with Gasteiger partial charge in [-0.2, -0.15) is 0 Å². The number of hydrogen-bond donors (Lipinski definition) is 1. The Labute approximate surface area is 105 Å². The minimum Gasteiger partial charge on any atom is -0.377 e. The van der Waals surface area contributed by atoms with E-state index >= 15 is 0 Å². The zero-order valence-corrected chi connectivity index (χ0v) is 11.6. The second-order valence-corrected chi connectivity index (χ2v) is 6.63. The van der Waals surface area contributed by atoms with Crippen molar-refractivity contribution in [3.05, 3.63) is 0 Å². The Morgan fingerprint density at radius 3 is 2.69 bits per heavy atom. The summed E-state index contributed by atoms with van der Waals surface area (Å²) in [5.74, 6) is 0. The SMILES string of the molecule is CC(C)(C)CC(Cl)CNCC1CCCCO1. The fraction of sp³-hybridized carbons (Fsp3) is 1.00. The van der Waals surface area contributed by atoms with Gasteiger partial charge in [0.25, 0.3) is 0 Å². The topological polar surface area (TPSA) is 21.3 Å². The van der Waals surface area contributed by atoms with E-state index < -0.39 is 0 Å². The summed E-state index contributed by atoms with van der Waals surface area (Å²) in [4.78, 5) is 0. The average molecular weight is 248 g/mol. The predicted molar refractivity (Wildman–Crippen MR) is 70.2 cm³/mol. The highest BCUT2D eigenvalue weighted by atomic mass is 35.5. The van der Waals surface area contributed by atoms with Crippen molar-refractivity contribution in [2.75, 3.05) is 19.7 Å². The standard InChI is InChI=1S/C13H26ClNO/c1-13(2,3)8-11(14)9-15-10-12-6-4-5-7-16-12/h11-12,15H,4-10H2,1-3H3. The highest BCUT2D eigenvalue weighted by Gasteiger charge is 2.18. The molecule has 0 amide bonds. The van der Waals surface area contributed by atoms with Crippen molar-refractivity contribution in [3.8, 4) is 0 Å². The molecule has 1 fully saturated rings. The van der Waals surface area contributed by atoms with Gasteiger partial charge in [-0.25, -0.2) is 0 Å². The second-order valence-electron chi connectivity index (χ2n) is 6.01. The van der Waals surface area contributed by atoms with Gasteiger partial charge in [0.05, 0.1) is 6.10 Å². The summed E-state index contributed by atoms with van der Waals surface area (Å²) < 4.78 is 5.66. The molecule has 1 heterocycles. The molecule has 0 bridgehead atoms. The van der Waals surface area contributed by atoms with Crippen LogP contribution in [0.2, 0.25) is 0 Å². The fourth-order valence-electron chi connectivity index (χ4n) is 2.11. The Hall–Kier alpha value is 0.210. The first-order valence-corrected chi connectivity index (χ1v) is 6.87. The van der Waals surface area contributed by atoms with Crippen LogP contribution in [-0.4, -0.2) is 31.2 Å². The molecule has 2 atom stereocenters. The zero-order valence-electron chi connectivity index (χ0n) is 10.9. The van der Waals surface area contributed by atoms with Crippen LogP contribution in [0.4, 0.5) is 0 Å². The maximum absolute atomic E-state index is 6.28. The second kappa shape index (κ2) is 6.83. The van der Waals surface area contributed by atoms with Crippen LogP contribution in [0.25, 0.3) is 0 Å². The van der Waals surface area contributed by atoms with Crippen molar-refractivity contribution in [2.45, 2.75) is 57.9 Å². The fourth-order valence-corrected chi connectivity index (χ4v) is 2.68. The van der Waals surface area contributed by atoms with Gasteiger partial charge in [0.2, 0.25) is 0 Å². The third-order valence-corrected chi connectivity index (χ3v) is 3.15. The number of ether oxygens (including phenoxy) is 1. The molecular weight excluding hydrogens is 222 g/mol. The van der Waals surface area contributed by atoms with Gasteiger partial charge in [0, 0.05) is 25.1 Å². The van der Waals surface area contributed by atoms with Crippen LogP contribution in [-0.2, 0) is 4.74 Å². The number of nitrogens with one attached hydrogen (secondary N) is 1. The van der Waals surface area contributed by atoms with Gasteiger partial charge in [0.1, 0.15) is 0 Å². The third kappa shape index (κ3) is 6.72. The van der Waals surface area contributed by atoms with E-state index in [-0.39, 0.29) is 5.38 Å². The molecule has 1 saturated heterocycles. The van der Waals surface area contributed by atoms with Crippen LogP contribution in [0.5, 0.6) is 0 Å². The van der Waals surface area contributed by atoms with Gasteiger partial charge >= 0.3 is 0 Å². The summed E-state index contributed by atoms with van der Waals surface area (Å²) in [5, 5.41) is 3.65. The van der Waals surface area contributed by atoms with E-state index in [1.165, 1.54) is 19.3 Å². The first kappa shape index (κ1) is 14.3. The molecule has 2 nitrogen and oxygen atoms in total. The van der Waals surface area contributed by atoms with Crippen LogP contribution in [0.3, 0.4) is 0 Å². The number of rotatable bonds is 5. The van der Waals surface area contributed by atoms with Crippen LogP contribution in [0, 0.1) is 5.41 Å². The minimum absolute atomic E-state index is 0.226. The van der Waals surface area contributed by atoms with Gasteiger partial charge in [0.15, 0.2) is 0 Å². The van der Waals surface area contributed by atoms with Crippen molar-refractivity contribution >= 4 is 11.6 Å². The molecule has 0 aromatic heterocycles. The van der Waals surface area contributed by atoms with Gasteiger partial charge in [-0.3, -0.25) is 0 Å². The van der Waals surface area contributed by atoms with Crippen LogP contribution >= 0.6 is 11.6 Å². The van der Waals surface area contributed by atoms with Crippen LogP contribution in [0.15, 0.2) is 0 Å². The molecule has 1 aliphatic heterocycles. The molecule has 0 aromatic carbocycles.